The van der Waals surface area contributed by atoms with E-state index in [1.807, 2.05) is 42.6 Å². The number of thioether (sulfide) groups is 4. The van der Waals surface area contributed by atoms with Gasteiger partial charge in [0.05, 0.1) is 8.47 Å². The number of benzene rings is 2. The molecule has 112 valence electrons. The summed E-state index contributed by atoms with van der Waals surface area (Å²) in [5.74, 6) is 0.328. The maximum absolute atomic E-state index is 9.61. The molecule has 1 unspecified atom stereocenters. The second kappa shape index (κ2) is 5.76. The molecule has 2 aromatic carbocycles. The van der Waals surface area contributed by atoms with Gasteiger partial charge in [-0.2, -0.15) is 0 Å². The van der Waals surface area contributed by atoms with Crippen molar-refractivity contribution < 1.29 is 5.11 Å². The summed E-state index contributed by atoms with van der Waals surface area (Å²) in [6.07, 6.45) is 0. The largest absolute Gasteiger partial charge is 0.508 e. The molecular weight excluding hydrogens is 350 g/mol. The molecule has 0 fully saturated rings. The van der Waals surface area contributed by atoms with Crippen LogP contribution in [0.25, 0.3) is 0 Å². The smallest absolute Gasteiger partial charge is 0.116 e. The SMILES string of the molecule is CC(N)c1ccc2c(c1)S/C(=C1/Sc3ccc(O)cc3S1)S2. The number of aromatic hydroxyl groups is 1. The van der Waals surface area contributed by atoms with Gasteiger partial charge in [-0.1, -0.05) is 53.1 Å². The normalized spacial score (nSPS) is 20.8. The van der Waals surface area contributed by atoms with Gasteiger partial charge >= 0.3 is 0 Å². The van der Waals surface area contributed by atoms with Crippen molar-refractivity contribution in [2.45, 2.75) is 32.5 Å². The Morgan fingerprint density at radius 2 is 1.36 bits per heavy atom. The van der Waals surface area contributed by atoms with Crippen molar-refractivity contribution in [1.82, 2.24) is 0 Å². The summed E-state index contributed by atoms with van der Waals surface area (Å²) in [6.45, 7) is 2.01. The molecule has 0 radical (unpaired) electrons. The molecule has 0 aromatic heterocycles. The average molecular weight is 364 g/mol. The van der Waals surface area contributed by atoms with E-state index in [4.69, 9.17) is 5.73 Å². The van der Waals surface area contributed by atoms with E-state index < -0.39 is 0 Å². The van der Waals surface area contributed by atoms with E-state index in [1.165, 1.54) is 28.7 Å². The predicted octanol–water partition coefficient (Wildman–Crippen LogP) is 5.63. The van der Waals surface area contributed by atoms with Crippen molar-refractivity contribution >= 4 is 47.0 Å². The van der Waals surface area contributed by atoms with Gasteiger partial charge in [-0.25, -0.2) is 0 Å². The van der Waals surface area contributed by atoms with E-state index in [-0.39, 0.29) is 6.04 Å². The highest BCUT2D eigenvalue weighted by Crippen LogP contribution is 2.61. The van der Waals surface area contributed by atoms with E-state index in [2.05, 4.69) is 18.2 Å². The number of phenolic OH excluding ortho intramolecular Hbond substituents is 1. The van der Waals surface area contributed by atoms with Gasteiger partial charge in [-0.05, 0) is 42.8 Å². The maximum Gasteiger partial charge on any atom is 0.116 e. The van der Waals surface area contributed by atoms with Crippen LogP contribution >= 0.6 is 47.0 Å². The van der Waals surface area contributed by atoms with E-state index in [0.29, 0.717) is 5.75 Å². The van der Waals surface area contributed by atoms with Gasteiger partial charge in [0.15, 0.2) is 0 Å². The van der Waals surface area contributed by atoms with Crippen molar-refractivity contribution in [1.29, 1.82) is 0 Å². The Labute approximate surface area is 146 Å². The predicted molar refractivity (Wildman–Crippen MR) is 97.6 cm³/mol. The number of phenols is 1. The minimum absolute atomic E-state index is 0.0649. The number of hydrogen-bond donors (Lipinski definition) is 2. The van der Waals surface area contributed by atoms with E-state index in [9.17, 15) is 5.11 Å². The van der Waals surface area contributed by atoms with Gasteiger partial charge in [-0.3, -0.25) is 0 Å². The molecule has 2 heterocycles. The molecule has 0 amide bonds. The first kappa shape index (κ1) is 14.9. The van der Waals surface area contributed by atoms with Crippen LogP contribution in [0.5, 0.6) is 5.75 Å². The van der Waals surface area contributed by atoms with Crippen LogP contribution in [-0.2, 0) is 0 Å². The molecule has 0 aliphatic carbocycles. The molecule has 22 heavy (non-hydrogen) atoms. The van der Waals surface area contributed by atoms with Crippen LogP contribution in [0.3, 0.4) is 0 Å². The molecule has 1 atom stereocenters. The fraction of sp³-hybridized carbons (Fsp3) is 0.125. The van der Waals surface area contributed by atoms with Gasteiger partial charge in [0.25, 0.3) is 0 Å². The summed E-state index contributed by atoms with van der Waals surface area (Å²) < 4.78 is 2.62. The van der Waals surface area contributed by atoms with Crippen LogP contribution in [0, 0.1) is 0 Å². The summed E-state index contributed by atoms with van der Waals surface area (Å²) in [5.41, 5.74) is 7.15. The molecule has 2 nitrogen and oxygen atoms in total. The van der Waals surface area contributed by atoms with Gasteiger partial charge < -0.3 is 10.8 Å². The zero-order chi connectivity index (χ0) is 15.3. The Kier molecular flexibility index (Phi) is 3.90. The van der Waals surface area contributed by atoms with Crippen LogP contribution in [0.4, 0.5) is 0 Å². The molecular formula is C16H13NOS4. The zero-order valence-corrected chi connectivity index (χ0v) is 15.0. The molecule has 2 aliphatic rings. The van der Waals surface area contributed by atoms with Crippen LogP contribution < -0.4 is 5.73 Å². The Morgan fingerprint density at radius 1 is 0.818 bits per heavy atom. The van der Waals surface area contributed by atoms with Crippen molar-refractivity contribution in [2.24, 2.45) is 5.73 Å². The quantitative estimate of drug-likeness (QED) is 0.684. The third-order valence-corrected chi connectivity index (χ3v) is 9.00. The van der Waals surface area contributed by atoms with Crippen LogP contribution in [0.2, 0.25) is 0 Å². The molecule has 3 N–H and O–H groups in total. The topological polar surface area (TPSA) is 46.2 Å². The highest BCUT2D eigenvalue weighted by atomic mass is 32.2. The van der Waals surface area contributed by atoms with Gasteiger partial charge in [0, 0.05) is 25.6 Å². The summed E-state index contributed by atoms with van der Waals surface area (Å²) in [4.78, 5) is 4.96. The lowest BCUT2D eigenvalue weighted by Crippen LogP contribution is -2.04. The van der Waals surface area contributed by atoms with Gasteiger partial charge in [0.2, 0.25) is 0 Å². The fourth-order valence-electron chi connectivity index (χ4n) is 2.24. The van der Waals surface area contributed by atoms with Gasteiger partial charge in [-0.15, -0.1) is 0 Å². The Bertz CT molecular complexity index is 801. The highest BCUT2D eigenvalue weighted by Gasteiger charge is 2.27. The number of nitrogens with two attached hydrogens (primary N) is 1. The standard InChI is InChI=1S/C16H13NOS4/c1-8(17)9-2-4-11-13(6-9)21-15(19-11)16-20-12-5-3-10(18)7-14(12)22-16/h2-8,18H,17H2,1H3/b16-15-. The van der Waals surface area contributed by atoms with E-state index in [1.54, 1.807) is 29.6 Å². The molecule has 0 bridgehead atoms. The minimum atomic E-state index is 0.0649. The van der Waals surface area contributed by atoms with Crippen molar-refractivity contribution in [3.05, 3.63) is 50.4 Å². The first-order chi connectivity index (χ1) is 10.6. The van der Waals surface area contributed by atoms with Crippen molar-refractivity contribution in [3.8, 4) is 5.75 Å². The molecule has 0 saturated carbocycles. The zero-order valence-electron chi connectivity index (χ0n) is 11.7. The molecule has 2 aliphatic heterocycles. The van der Waals surface area contributed by atoms with E-state index >= 15 is 0 Å². The summed E-state index contributed by atoms with van der Waals surface area (Å²) in [5, 5.41) is 9.61. The minimum Gasteiger partial charge on any atom is -0.508 e. The molecule has 6 heteroatoms. The molecule has 0 saturated heterocycles. The third kappa shape index (κ3) is 2.67. The first-order valence-electron chi connectivity index (χ1n) is 6.78. The molecule has 4 rings (SSSR count). The Hall–Kier alpha value is -0.660. The highest BCUT2D eigenvalue weighted by molar-refractivity contribution is 8.30. The van der Waals surface area contributed by atoms with Crippen molar-refractivity contribution in [3.63, 3.8) is 0 Å². The van der Waals surface area contributed by atoms with Crippen LogP contribution in [0.1, 0.15) is 18.5 Å². The fourth-order valence-corrected chi connectivity index (χ4v) is 7.59. The van der Waals surface area contributed by atoms with Crippen molar-refractivity contribution in [2.75, 3.05) is 0 Å². The lowest BCUT2D eigenvalue weighted by atomic mass is 10.1. The number of rotatable bonds is 1. The monoisotopic (exact) mass is 363 g/mol. The van der Waals surface area contributed by atoms with Gasteiger partial charge in [0.1, 0.15) is 5.75 Å². The molecule has 0 spiro atoms. The van der Waals surface area contributed by atoms with Crippen LogP contribution in [0.15, 0.2) is 64.5 Å². The Balaban J connectivity index is 1.64. The first-order valence-corrected chi connectivity index (χ1v) is 10.0. The summed E-state index contributed by atoms with van der Waals surface area (Å²) in [6, 6.07) is 12.1. The number of hydrogen-bond acceptors (Lipinski definition) is 6. The third-order valence-electron chi connectivity index (χ3n) is 3.40. The lowest BCUT2D eigenvalue weighted by molar-refractivity contribution is 0.473. The molecule has 2 aromatic rings. The van der Waals surface area contributed by atoms with Crippen LogP contribution in [-0.4, -0.2) is 5.11 Å². The Morgan fingerprint density at radius 3 is 2.00 bits per heavy atom. The second-order valence-electron chi connectivity index (χ2n) is 5.11. The summed E-state index contributed by atoms with van der Waals surface area (Å²) >= 11 is 7.18. The van der Waals surface area contributed by atoms with E-state index in [0.717, 1.165) is 4.90 Å². The lowest BCUT2D eigenvalue weighted by Gasteiger charge is -2.06. The number of fused-ring (bicyclic) bond motifs is 2. The maximum atomic E-state index is 9.61. The average Bonchev–Trinajstić information content (AvgIpc) is 3.08. The summed E-state index contributed by atoms with van der Waals surface area (Å²) in [7, 11) is 0. The second-order valence-corrected chi connectivity index (χ2v) is 9.83.